The van der Waals surface area contributed by atoms with E-state index in [-0.39, 0.29) is 5.91 Å². The SMILES string of the molecule is CCCNCc1cn(CC(=O)NCC)c2ccccc12. The molecular formula is C16H23N3O. The average molecular weight is 273 g/mol. The molecule has 0 saturated carbocycles. The summed E-state index contributed by atoms with van der Waals surface area (Å²) in [6, 6.07) is 8.24. The fraction of sp³-hybridized carbons (Fsp3) is 0.438. The topological polar surface area (TPSA) is 46.1 Å². The summed E-state index contributed by atoms with van der Waals surface area (Å²) in [6.45, 7) is 6.99. The summed E-state index contributed by atoms with van der Waals surface area (Å²) >= 11 is 0. The number of hydrogen-bond acceptors (Lipinski definition) is 2. The van der Waals surface area contributed by atoms with Crippen LogP contribution in [0.15, 0.2) is 30.5 Å². The number of carbonyl (C=O) groups is 1. The van der Waals surface area contributed by atoms with Gasteiger partial charge in [0.1, 0.15) is 6.54 Å². The van der Waals surface area contributed by atoms with E-state index in [0.717, 1.165) is 25.0 Å². The summed E-state index contributed by atoms with van der Waals surface area (Å²) < 4.78 is 2.03. The zero-order valence-electron chi connectivity index (χ0n) is 12.3. The van der Waals surface area contributed by atoms with Gasteiger partial charge in [-0.05, 0) is 31.5 Å². The molecule has 1 heterocycles. The maximum absolute atomic E-state index is 11.8. The number of likely N-dealkylation sites (N-methyl/N-ethyl adjacent to an activating group) is 1. The third-order valence-electron chi connectivity index (χ3n) is 3.30. The van der Waals surface area contributed by atoms with Gasteiger partial charge in [0.05, 0.1) is 0 Å². The summed E-state index contributed by atoms with van der Waals surface area (Å²) in [5.74, 6) is 0.0568. The van der Waals surface area contributed by atoms with Crippen LogP contribution in [0.2, 0.25) is 0 Å². The fourth-order valence-electron chi connectivity index (χ4n) is 2.40. The van der Waals surface area contributed by atoms with Gasteiger partial charge in [0.15, 0.2) is 0 Å². The maximum Gasteiger partial charge on any atom is 0.239 e. The van der Waals surface area contributed by atoms with Crippen LogP contribution in [-0.2, 0) is 17.9 Å². The molecule has 4 heteroatoms. The summed E-state index contributed by atoms with van der Waals surface area (Å²) in [4.78, 5) is 11.8. The minimum atomic E-state index is 0.0568. The van der Waals surface area contributed by atoms with E-state index in [1.54, 1.807) is 0 Å². The van der Waals surface area contributed by atoms with Crippen LogP contribution >= 0.6 is 0 Å². The maximum atomic E-state index is 11.8. The molecule has 20 heavy (non-hydrogen) atoms. The second-order valence-electron chi connectivity index (χ2n) is 4.93. The van der Waals surface area contributed by atoms with Gasteiger partial charge in [0.25, 0.3) is 0 Å². The third kappa shape index (κ3) is 3.39. The van der Waals surface area contributed by atoms with Gasteiger partial charge in [-0.1, -0.05) is 25.1 Å². The monoisotopic (exact) mass is 273 g/mol. The Morgan fingerprint density at radius 2 is 2.05 bits per heavy atom. The second-order valence-corrected chi connectivity index (χ2v) is 4.93. The van der Waals surface area contributed by atoms with Crippen LogP contribution in [0.5, 0.6) is 0 Å². The molecular weight excluding hydrogens is 250 g/mol. The van der Waals surface area contributed by atoms with Crippen molar-refractivity contribution in [1.82, 2.24) is 15.2 Å². The van der Waals surface area contributed by atoms with E-state index in [0.29, 0.717) is 13.1 Å². The largest absolute Gasteiger partial charge is 0.355 e. The summed E-state index contributed by atoms with van der Waals surface area (Å²) in [7, 11) is 0. The molecule has 2 rings (SSSR count). The zero-order valence-corrected chi connectivity index (χ0v) is 12.3. The molecule has 0 bridgehead atoms. The van der Waals surface area contributed by atoms with Gasteiger partial charge in [-0.15, -0.1) is 0 Å². The molecule has 0 spiro atoms. The molecule has 1 amide bonds. The molecule has 0 atom stereocenters. The first-order chi connectivity index (χ1) is 9.76. The Morgan fingerprint density at radius 3 is 2.80 bits per heavy atom. The van der Waals surface area contributed by atoms with Gasteiger partial charge in [-0.2, -0.15) is 0 Å². The fourth-order valence-corrected chi connectivity index (χ4v) is 2.40. The highest BCUT2D eigenvalue weighted by molar-refractivity contribution is 5.86. The number of para-hydroxylation sites is 1. The lowest BCUT2D eigenvalue weighted by atomic mass is 10.2. The highest BCUT2D eigenvalue weighted by Crippen LogP contribution is 2.21. The molecule has 0 aliphatic heterocycles. The van der Waals surface area contributed by atoms with E-state index in [2.05, 4.69) is 35.9 Å². The van der Waals surface area contributed by atoms with Crippen LogP contribution < -0.4 is 10.6 Å². The average Bonchev–Trinajstić information content (AvgIpc) is 2.78. The van der Waals surface area contributed by atoms with E-state index in [1.165, 1.54) is 10.9 Å². The van der Waals surface area contributed by atoms with Crippen molar-refractivity contribution in [3.05, 3.63) is 36.0 Å². The predicted molar refractivity (Wildman–Crippen MR) is 82.6 cm³/mol. The van der Waals surface area contributed by atoms with Crippen molar-refractivity contribution in [2.45, 2.75) is 33.4 Å². The van der Waals surface area contributed by atoms with Crippen molar-refractivity contribution in [1.29, 1.82) is 0 Å². The van der Waals surface area contributed by atoms with Crippen LogP contribution in [0.3, 0.4) is 0 Å². The first-order valence-electron chi connectivity index (χ1n) is 7.30. The van der Waals surface area contributed by atoms with E-state index >= 15 is 0 Å². The number of aromatic nitrogens is 1. The van der Waals surface area contributed by atoms with E-state index in [4.69, 9.17) is 0 Å². The molecule has 0 saturated heterocycles. The normalized spacial score (nSPS) is 10.9. The lowest BCUT2D eigenvalue weighted by molar-refractivity contribution is -0.121. The minimum absolute atomic E-state index is 0.0568. The van der Waals surface area contributed by atoms with E-state index in [9.17, 15) is 4.79 Å². The third-order valence-corrected chi connectivity index (χ3v) is 3.30. The van der Waals surface area contributed by atoms with Crippen molar-refractivity contribution < 1.29 is 4.79 Å². The highest BCUT2D eigenvalue weighted by Gasteiger charge is 2.10. The van der Waals surface area contributed by atoms with Gasteiger partial charge in [0, 0.05) is 30.2 Å². The van der Waals surface area contributed by atoms with Crippen LogP contribution in [0, 0.1) is 0 Å². The standard InChI is InChI=1S/C16H23N3O/c1-3-9-17-10-13-11-19(12-16(20)18-4-2)15-8-6-5-7-14(13)15/h5-8,11,17H,3-4,9-10,12H2,1-2H3,(H,18,20). The number of nitrogens with zero attached hydrogens (tertiary/aromatic N) is 1. The van der Waals surface area contributed by atoms with E-state index in [1.807, 2.05) is 23.6 Å². The molecule has 0 unspecified atom stereocenters. The second kappa shape index (κ2) is 7.10. The molecule has 108 valence electrons. The van der Waals surface area contributed by atoms with Crippen LogP contribution in [0.4, 0.5) is 0 Å². The van der Waals surface area contributed by atoms with Gasteiger partial charge in [-0.3, -0.25) is 4.79 Å². The molecule has 2 aromatic rings. The number of benzene rings is 1. The number of amides is 1. The van der Waals surface area contributed by atoms with Gasteiger partial charge in [-0.25, -0.2) is 0 Å². The summed E-state index contributed by atoms with van der Waals surface area (Å²) in [5.41, 5.74) is 2.37. The molecule has 0 aliphatic rings. The first kappa shape index (κ1) is 14.6. The molecule has 2 N–H and O–H groups in total. The van der Waals surface area contributed by atoms with Gasteiger partial charge >= 0.3 is 0 Å². The van der Waals surface area contributed by atoms with Crippen molar-refractivity contribution in [3.63, 3.8) is 0 Å². The first-order valence-corrected chi connectivity index (χ1v) is 7.30. The smallest absolute Gasteiger partial charge is 0.239 e. The molecule has 0 radical (unpaired) electrons. The lowest BCUT2D eigenvalue weighted by Crippen LogP contribution is -2.26. The molecule has 4 nitrogen and oxygen atoms in total. The Kier molecular flexibility index (Phi) is 5.18. The Labute approximate surface area is 120 Å². The summed E-state index contributed by atoms with van der Waals surface area (Å²) in [5, 5.41) is 7.49. The zero-order chi connectivity index (χ0) is 14.4. The lowest BCUT2D eigenvalue weighted by Gasteiger charge is -2.05. The Morgan fingerprint density at radius 1 is 1.25 bits per heavy atom. The summed E-state index contributed by atoms with van der Waals surface area (Å²) in [6.07, 6.45) is 3.21. The van der Waals surface area contributed by atoms with Crippen molar-refractivity contribution in [3.8, 4) is 0 Å². The van der Waals surface area contributed by atoms with Crippen molar-refractivity contribution in [2.75, 3.05) is 13.1 Å². The highest BCUT2D eigenvalue weighted by atomic mass is 16.1. The number of rotatable bonds is 7. The predicted octanol–water partition coefficient (Wildman–Crippen LogP) is 2.28. The molecule has 1 aromatic carbocycles. The Bertz CT molecular complexity index is 574. The quantitative estimate of drug-likeness (QED) is 0.760. The number of fused-ring (bicyclic) bond motifs is 1. The van der Waals surface area contributed by atoms with Crippen LogP contribution in [0.25, 0.3) is 10.9 Å². The van der Waals surface area contributed by atoms with Crippen LogP contribution in [0.1, 0.15) is 25.8 Å². The number of nitrogens with one attached hydrogen (secondary N) is 2. The van der Waals surface area contributed by atoms with Crippen molar-refractivity contribution >= 4 is 16.8 Å². The van der Waals surface area contributed by atoms with Crippen molar-refractivity contribution in [2.24, 2.45) is 0 Å². The number of carbonyl (C=O) groups excluding carboxylic acids is 1. The van der Waals surface area contributed by atoms with E-state index < -0.39 is 0 Å². The molecule has 0 fully saturated rings. The minimum Gasteiger partial charge on any atom is -0.355 e. The molecule has 0 aliphatic carbocycles. The Hall–Kier alpha value is -1.81. The Balaban J connectivity index is 2.23. The van der Waals surface area contributed by atoms with Gasteiger partial charge < -0.3 is 15.2 Å². The van der Waals surface area contributed by atoms with Crippen LogP contribution in [-0.4, -0.2) is 23.6 Å². The molecule has 1 aromatic heterocycles. The number of hydrogen-bond donors (Lipinski definition) is 2. The van der Waals surface area contributed by atoms with Gasteiger partial charge in [0.2, 0.25) is 5.91 Å².